The van der Waals surface area contributed by atoms with Crippen LogP contribution in [-0.2, 0) is 16.1 Å². The number of carbonyl (C=O) groups excluding carboxylic acids is 1. The maximum atomic E-state index is 12.4. The van der Waals surface area contributed by atoms with E-state index in [9.17, 15) is 4.79 Å². The summed E-state index contributed by atoms with van der Waals surface area (Å²) in [5.41, 5.74) is 4.24. The minimum absolute atomic E-state index is 0.0818. The van der Waals surface area contributed by atoms with E-state index in [1.807, 2.05) is 22.9 Å². The summed E-state index contributed by atoms with van der Waals surface area (Å²) in [5.74, 6) is 0.691. The number of aryl methyl sites for hydroxylation is 2. The molecule has 2 aromatic heterocycles. The molecular weight excluding hydrogens is 400 g/mol. The van der Waals surface area contributed by atoms with Crippen molar-refractivity contribution >= 4 is 17.7 Å². The van der Waals surface area contributed by atoms with Crippen LogP contribution in [0.25, 0.3) is 5.69 Å². The molecule has 1 amide bonds. The number of thioether (sulfide) groups is 1. The van der Waals surface area contributed by atoms with Gasteiger partial charge in [-0.2, -0.15) is 0 Å². The van der Waals surface area contributed by atoms with Gasteiger partial charge in [-0.15, -0.1) is 0 Å². The van der Waals surface area contributed by atoms with Crippen molar-refractivity contribution < 1.29 is 14.3 Å². The summed E-state index contributed by atoms with van der Waals surface area (Å²) in [6.07, 6.45) is 5.32. The second kappa shape index (κ2) is 10.8. The second-order valence-electron chi connectivity index (χ2n) is 6.80. The zero-order chi connectivity index (χ0) is 21.3. The van der Waals surface area contributed by atoms with Crippen LogP contribution in [0.4, 0.5) is 0 Å². The number of nitrogens with one attached hydrogen (secondary N) is 1. The number of methoxy groups -OCH3 is 1. The number of aromatic nitrogens is 3. The molecule has 0 spiro atoms. The van der Waals surface area contributed by atoms with E-state index in [0.29, 0.717) is 25.6 Å². The Hall–Kier alpha value is -2.84. The van der Waals surface area contributed by atoms with Crippen LogP contribution in [0.15, 0.2) is 54.1 Å². The van der Waals surface area contributed by atoms with Crippen LogP contribution in [0, 0.1) is 13.8 Å². The first-order valence-electron chi connectivity index (χ1n) is 9.64. The fourth-order valence-corrected chi connectivity index (χ4v) is 3.77. The van der Waals surface area contributed by atoms with Crippen molar-refractivity contribution in [1.82, 2.24) is 19.9 Å². The first kappa shape index (κ1) is 21.9. The van der Waals surface area contributed by atoms with Gasteiger partial charge < -0.3 is 14.8 Å². The number of benzene rings is 1. The van der Waals surface area contributed by atoms with E-state index in [2.05, 4.69) is 47.3 Å². The molecule has 0 aliphatic rings. The van der Waals surface area contributed by atoms with Crippen LogP contribution in [0.1, 0.15) is 16.7 Å². The van der Waals surface area contributed by atoms with Gasteiger partial charge in [0.05, 0.1) is 12.4 Å². The standard InChI is InChI=1S/C22H26N4O3S/c1-16-11-17(2)13-19(12-16)26-8-7-24-22(26)30-15-20(27)25-14-18-5-4-6-23-21(18)29-10-9-28-3/h4-8,11-13H,9-10,14-15H2,1-3H3,(H,25,27). The first-order chi connectivity index (χ1) is 14.6. The largest absolute Gasteiger partial charge is 0.475 e. The average Bonchev–Trinajstić information content (AvgIpc) is 3.20. The molecule has 8 heteroatoms. The number of hydrogen-bond acceptors (Lipinski definition) is 6. The molecule has 30 heavy (non-hydrogen) atoms. The van der Waals surface area contributed by atoms with Crippen molar-refractivity contribution in [3.63, 3.8) is 0 Å². The number of pyridine rings is 1. The Kier molecular flexibility index (Phi) is 7.87. The molecule has 0 aliphatic carbocycles. The van der Waals surface area contributed by atoms with Crippen molar-refractivity contribution in [2.45, 2.75) is 25.5 Å². The molecule has 0 saturated carbocycles. The Morgan fingerprint density at radius 3 is 2.70 bits per heavy atom. The van der Waals surface area contributed by atoms with E-state index in [0.717, 1.165) is 16.4 Å². The van der Waals surface area contributed by atoms with Gasteiger partial charge in [-0.05, 0) is 43.2 Å². The predicted molar refractivity (Wildman–Crippen MR) is 117 cm³/mol. The van der Waals surface area contributed by atoms with Crippen molar-refractivity contribution in [2.24, 2.45) is 0 Å². The molecule has 2 heterocycles. The lowest BCUT2D eigenvalue weighted by Crippen LogP contribution is -2.25. The van der Waals surface area contributed by atoms with Crippen molar-refractivity contribution in [1.29, 1.82) is 0 Å². The highest BCUT2D eigenvalue weighted by Gasteiger charge is 2.11. The fraction of sp³-hybridized carbons (Fsp3) is 0.318. The highest BCUT2D eigenvalue weighted by atomic mass is 32.2. The van der Waals surface area contributed by atoms with Crippen LogP contribution in [0.2, 0.25) is 0 Å². The van der Waals surface area contributed by atoms with E-state index >= 15 is 0 Å². The topological polar surface area (TPSA) is 78.3 Å². The van der Waals surface area contributed by atoms with Crippen LogP contribution >= 0.6 is 11.8 Å². The Morgan fingerprint density at radius 1 is 1.13 bits per heavy atom. The SMILES string of the molecule is COCCOc1ncccc1CNC(=O)CSc1nccn1-c1cc(C)cc(C)c1. The summed E-state index contributed by atoms with van der Waals surface area (Å²) in [6, 6.07) is 10.0. The van der Waals surface area contributed by atoms with E-state index in [1.165, 1.54) is 22.9 Å². The average molecular weight is 427 g/mol. The van der Waals surface area contributed by atoms with Crippen LogP contribution < -0.4 is 10.1 Å². The third-order valence-electron chi connectivity index (χ3n) is 4.28. The van der Waals surface area contributed by atoms with E-state index in [-0.39, 0.29) is 11.7 Å². The zero-order valence-electron chi connectivity index (χ0n) is 17.4. The lowest BCUT2D eigenvalue weighted by atomic mass is 10.1. The van der Waals surface area contributed by atoms with Gasteiger partial charge in [0.25, 0.3) is 0 Å². The maximum Gasteiger partial charge on any atom is 0.230 e. The number of amides is 1. The molecule has 0 fully saturated rings. The first-order valence-corrected chi connectivity index (χ1v) is 10.6. The number of imidazole rings is 1. The number of rotatable bonds is 10. The van der Waals surface area contributed by atoms with Gasteiger partial charge in [-0.1, -0.05) is 23.9 Å². The quantitative estimate of drug-likeness (QED) is 0.396. The van der Waals surface area contributed by atoms with Gasteiger partial charge >= 0.3 is 0 Å². The fourth-order valence-electron chi connectivity index (χ4n) is 2.97. The summed E-state index contributed by atoms with van der Waals surface area (Å²) in [5, 5.41) is 3.70. The Labute approximate surface area is 180 Å². The smallest absolute Gasteiger partial charge is 0.230 e. The van der Waals surface area contributed by atoms with Crippen LogP contribution in [-0.4, -0.2) is 46.5 Å². The van der Waals surface area contributed by atoms with E-state index < -0.39 is 0 Å². The molecule has 1 N–H and O–H groups in total. The highest BCUT2D eigenvalue weighted by molar-refractivity contribution is 7.99. The van der Waals surface area contributed by atoms with Gasteiger partial charge in [-0.3, -0.25) is 9.36 Å². The summed E-state index contributed by atoms with van der Waals surface area (Å²) in [4.78, 5) is 21.0. The van der Waals surface area contributed by atoms with E-state index in [1.54, 1.807) is 19.5 Å². The molecule has 0 saturated heterocycles. The minimum atomic E-state index is -0.0818. The summed E-state index contributed by atoms with van der Waals surface area (Å²) < 4.78 is 12.6. The monoisotopic (exact) mass is 426 g/mol. The number of hydrogen-bond donors (Lipinski definition) is 1. The van der Waals surface area contributed by atoms with Gasteiger partial charge in [-0.25, -0.2) is 9.97 Å². The highest BCUT2D eigenvalue weighted by Crippen LogP contribution is 2.22. The molecule has 158 valence electrons. The predicted octanol–water partition coefficient (Wildman–Crippen LogP) is 3.32. The zero-order valence-corrected chi connectivity index (χ0v) is 18.2. The van der Waals surface area contributed by atoms with Gasteiger partial charge in [0.2, 0.25) is 11.8 Å². The summed E-state index contributed by atoms with van der Waals surface area (Å²) >= 11 is 1.40. The van der Waals surface area contributed by atoms with Crippen molar-refractivity contribution in [2.75, 3.05) is 26.1 Å². The van der Waals surface area contributed by atoms with Crippen LogP contribution in [0.3, 0.4) is 0 Å². The van der Waals surface area contributed by atoms with Crippen molar-refractivity contribution in [3.8, 4) is 11.6 Å². The Morgan fingerprint density at radius 2 is 1.93 bits per heavy atom. The summed E-state index contributed by atoms with van der Waals surface area (Å²) in [7, 11) is 1.62. The maximum absolute atomic E-state index is 12.4. The molecule has 0 bridgehead atoms. The molecule has 7 nitrogen and oxygen atoms in total. The van der Waals surface area contributed by atoms with Crippen LogP contribution in [0.5, 0.6) is 5.88 Å². The second-order valence-corrected chi connectivity index (χ2v) is 7.74. The lowest BCUT2D eigenvalue weighted by Gasteiger charge is -2.11. The lowest BCUT2D eigenvalue weighted by molar-refractivity contribution is -0.118. The van der Waals surface area contributed by atoms with Gasteiger partial charge in [0, 0.05) is 43.5 Å². The number of ether oxygens (including phenoxy) is 2. The number of nitrogens with zero attached hydrogens (tertiary/aromatic N) is 3. The minimum Gasteiger partial charge on any atom is -0.475 e. The molecule has 0 unspecified atom stereocenters. The van der Waals surface area contributed by atoms with E-state index in [4.69, 9.17) is 9.47 Å². The molecule has 1 aromatic carbocycles. The molecular formula is C22H26N4O3S. The molecule has 3 aromatic rings. The Bertz CT molecular complexity index is 970. The Balaban J connectivity index is 1.56. The molecule has 3 rings (SSSR count). The molecule has 0 radical (unpaired) electrons. The van der Waals surface area contributed by atoms with Gasteiger partial charge in [0.1, 0.15) is 6.61 Å². The normalized spacial score (nSPS) is 10.8. The molecule has 0 aliphatic heterocycles. The molecule has 0 atom stereocenters. The number of carbonyl (C=O) groups is 1. The van der Waals surface area contributed by atoms with Gasteiger partial charge in [0.15, 0.2) is 5.16 Å². The third-order valence-corrected chi connectivity index (χ3v) is 5.24. The third kappa shape index (κ3) is 6.08. The van der Waals surface area contributed by atoms with Crippen molar-refractivity contribution in [3.05, 3.63) is 65.6 Å². The summed E-state index contributed by atoms with van der Waals surface area (Å²) in [6.45, 7) is 5.37.